The zero-order valence-corrected chi connectivity index (χ0v) is 22.3. The Morgan fingerprint density at radius 1 is 1.02 bits per heavy atom. The highest BCUT2D eigenvalue weighted by molar-refractivity contribution is 5.80. The van der Waals surface area contributed by atoms with Gasteiger partial charge >= 0.3 is 0 Å². The number of aliphatic hydroxyl groups excluding tert-OH is 1. The maximum absolute atomic E-state index is 13.4. The summed E-state index contributed by atoms with van der Waals surface area (Å²) in [7, 11) is 0. The van der Waals surface area contributed by atoms with Crippen molar-refractivity contribution in [1.82, 2.24) is 34.3 Å². The molecule has 1 aromatic carbocycles. The number of anilines is 1. The molecule has 40 heavy (non-hydrogen) atoms. The van der Waals surface area contributed by atoms with Crippen LogP contribution in [0.1, 0.15) is 43.1 Å². The van der Waals surface area contributed by atoms with Gasteiger partial charge in [-0.3, -0.25) is 4.68 Å². The van der Waals surface area contributed by atoms with Crippen LogP contribution in [0.5, 0.6) is 0 Å². The van der Waals surface area contributed by atoms with Crippen LogP contribution >= 0.6 is 0 Å². The minimum absolute atomic E-state index is 0.0250. The summed E-state index contributed by atoms with van der Waals surface area (Å²) in [6.45, 7) is 5.18. The first kappa shape index (κ1) is 25.8. The van der Waals surface area contributed by atoms with E-state index in [1.54, 1.807) is 41.7 Å². The lowest BCUT2D eigenvalue weighted by atomic mass is 9.87. The number of benzene rings is 1. The number of rotatable bonds is 7. The summed E-state index contributed by atoms with van der Waals surface area (Å²) in [5.41, 5.74) is 12.2. The highest BCUT2D eigenvalue weighted by atomic mass is 19.1. The van der Waals surface area contributed by atoms with E-state index in [0.717, 1.165) is 52.0 Å². The third-order valence-electron chi connectivity index (χ3n) is 7.53. The first-order valence-corrected chi connectivity index (χ1v) is 13.1. The number of nitrogens with two attached hydrogens (primary N) is 1. The van der Waals surface area contributed by atoms with Crippen LogP contribution in [0.3, 0.4) is 0 Å². The van der Waals surface area contributed by atoms with Crippen LogP contribution in [-0.2, 0) is 5.54 Å². The first-order chi connectivity index (χ1) is 19.3. The fourth-order valence-electron chi connectivity index (χ4n) is 4.93. The van der Waals surface area contributed by atoms with Crippen molar-refractivity contribution in [2.45, 2.75) is 31.8 Å². The van der Waals surface area contributed by atoms with Gasteiger partial charge in [-0.05, 0) is 49.6 Å². The van der Waals surface area contributed by atoms with Gasteiger partial charge in [0.25, 0.3) is 0 Å². The Bertz CT molecular complexity index is 1670. The van der Waals surface area contributed by atoms with Crippen LogP contribution in [0.25, 0.3) is 22.2 Å². The van der Waals surface area contributed by atoms with Crippen molar-refractivity contribution < 1.29 is 9.50 Å². The molecule has 1 aliphatic heterocycles. The zero-order valence-electron chi connectivity index (χ0n) is 22.3. The Labute approximate surface area is 230 Å². The van der Waals surface area contributed by atoms with Crippen molar-refractivity contribution in [2.75, 3.05) is 24.6 Å². The van der Waals surface area contributed by atoms with E-state index in [0.29, 0.717) is 12.5 Å². The Hall–Kier alpha value is -4.48. The van der Waals surface area contributed by atoms with Crippen molar-refractivity contribution >= 4 is 17.0 Å². The van der Waals surface area contributed by atoms with E-state index >= 15 is 0 Å². The van der Waals surface area contributed by atoms with E-state index in [4.69, 9.17) is 5.73 Å². The van der Waals surface area contributed by atoms with Gasteiger partial charge in [0, 0.05) is 54.6 Å². The summed E-state index contributed by atoms with van der Waals surface area (Å²) < 4.78 is 17.0. The molecule has 3 N–H and O–H groups in total. The fraction of sp³-hybridized carbons (Fsp3) is 0.276. The van der Waals surface area contributed by atoms with Crippen molar-refractivity contribution in [2.24, 2.45) is 5.73 Å². The smallest absolute Gasteiger partial charge is 0.225 e. The van der Waals surface area contributed by atoms with Gasteiger partial charge in [0.1, 0.15) is 12.1 Å². The van der Waals surface area contributed by atoms with Gasteiger partial charge < -0.3 is 15.7 Å². The highest BCUT2D eigenvalue weighted by Gasteiger charge is 2.26. The molecule has 0 amide bonds. The van der Waals surface area contributed by atoms with Gasteiger partial charge in [-0.25, -0.2) is 23.9 Å². The third-order valence-corrected chi connectivity index (χ3v) is 7.53. The van der Waals surface area contributed by atoms with Gasteiger partial charge in [0.05, 0.1) is 35.6 Å². The number of fused-ring (bicyclic) bond motifs is 1. The molecular formula is C29H30FN9O. The van der Waals surface area contributed by atoms with E-state index in [-0.39, 0.29) is 18.5 Å². The molecule has 4 aromatic heterocycles. The maximum atomic E-state index is 13.4. The van der Waals surface area contributed by atoms with Crippen LogP contribution in [0.2, 0.25) is 0 Å². The molecule has 0 fully saturated rings. The molecular weight excluding hydrogens is 509 g/mol. The lowest BCUT2D eigenvalue weighted by Crippen LogP contribution is -2.35. The molecule has 204 valence electrons. The zero-order chi connectivity index (χ0) is 27.9. The Morgan fingerprint density at radius 2 is 1.80 bits per heavy atom. The molecule has 6 rings (SSSR count). The number of aliphatic hydroxyl groups is 1. The van der Waals surface area contributed by atoms with Crippen molar-refractivity contribution in [1.29, 1.82) is 0 Å². The summed E-state index contributed by atoms with van der Waals surface area (Å²) in [6, 6.07) is 8.15. The number of nitrogens with zero attached hydrogens (tertiary/aromatic N) is 8. The van der Waals surface area contributed by atoms with Crippen molar-refractivity contribution in [3.63, 3.8) is 0 Å². The second kappa shape index (κ2) is 10.2. The summed E-state index contributed by atoms with van der Waals surface area (Å²) in [6.07, 6.45) is 13.7. The van der Waals surface area contributed by atoms with Crippen LogP contribution in [0.4, 0.5) is 10.3 Å². The van der Waals surface area contributed by atoms with E-state index in [2.05, 4.69) is 42.2 Å². The molecule has 0 unspecified atom stereocenters. The molecule has 0 spiro atoms. The van der Waals surface area contributed by atoms with Crippen LogP contribution in [0.15, 0.2) is 73.7 Å². The SMILES string of the molecule is C[C@@H](CO)n1cc(-c2cc3c(C4=CCN(c5ncc([C@@](C)(N)c6ccc(F)cc6)cn5)CC4)ncnn3c2)cn1. The first-order valence-electron chi connectivity index (χ1n) is 13.1. The highest BCUT2D eigenvalue weighted by Crippen LogP contribution is 2.30. The molecule has 1 aliphatic rings. The monoisotopic (exact) mass is 539 g/mol. The van der Waals surface area contributed by atoms with Gasteiger partial charge in [-0.1, -0.05) is 18.2 Å². The third kappa shape index (κ3) is 4.74. The second-order valence-electron chi connectivity index (χ2n) is 10.3. The molecule has 5 aromatic rings. The van der Waals surface area contributed by atoms with E-state index in [1.165, 1.54) is 12.1 Å². The average molecular weight is 540 g/mol. The molecule has 5 heterocycles. The average Bonchev–Trinajstić information content (AvgIpc) is 3.65. The Morgan fingerprint density at radius 3 is 2.50 bits per heavy atom. The lowest BCUT2D eigenvalue weighted by molar-refractivity contribution is 0.230. The minimum Gasteiger partial charge on any atom is -0.394 e. The molecule has 0 bridgehead atoms. The summed E-state index contributed by atoms with van der Waals surface area (Å²) >= 11 is 0. The van der Waals surface area contributed by atoms with Crippen LogP contribution < -0.4 is 10.6 Å². The van der Waals surface area contributed by atoms with E-state index < -0.39 is 5.54 Å². The topological polar surface area (TPSA) is 123 Å². The molecule has 0 saturated heterocycles. The predicted octanol–water partition coefficient (Wildman–Crippen LogP) is 3.59. The number of hydrogen-bond acceptors (Lipinski definition) is 8. The van der Waals surface area contributed by atoms with Gasteiger partial charge in [-0.15, -0.1) is 0 Å². The standard InChI is InChI=1S/C29H30FN9O/c1-19(17-40)38-16-22(12-35-38)21-11-26-27(34-18-36-39(26)15-21)20-7-9-37(10-8-20)28-32-13-24(14-33-28)29(2,31)23-3-5-25(30)6-4-23/h3-7,11-16,18-19,40H,8-10,17,31H2,1-2H3/t19-,29-/m0/s1. The number of hydrogen-bond donors (Lipinski definition) is 2. The largest absolute Gasteiger partial charge is 0.394 e. The Balaban J connectivity index is 1.20. The minimum atomic E-state index is -0.842. The maximum Gasteiger partial charge on any atom is 0.225 e. The molecule has 2 atom stereocenters. The van der Waals surface area contributed by atoms with Crippen molar-refractivity contribution in [3.8, 4) is 11.1 Å². The quantitative estimate of drug-likeness (QED) is 0.322. The van der Waals surface area contributed by atoms with Crippen LogP contribution in [-0.4, -0.2) is 59.1 Å². The summed E-state index contributed by atoms with van der Waals surface area (Å²) in [5.74, 6) is 0.325. The Kier molecular flexibility index (Phi) is 6.60. The predicted molar refractivity (Wildman–Crippen MR) is 150 cm³/mol. The molecule has 11 heteroatoms. The molecule has 0 saturated carbocycles. The van der Waals surface area contributed by atoms with Crippen molar-refractivity contribution in [3.05, 3.63) is 96.4 Å². The molecule has 10 nitrogen and oxygen atoms in total. The van der Waals surface area contributed by atoms with Gasteiger partial charge in [-0.2, -0.15) is 10.2 Å². The van der Waals surface area contributed by atoms with Gasteiger partial charge in [0.2, 0.25) is 5.95 Å². The second-order valence-corrected chi connectivity index (χ2v) is 10.3. The lowest BCUT2D eigenvalue weighted by Gasteiger charge is -2.28. The van der Waals surface area contributed by atoms with E-state index in [1.807, 2.05) is 30.8 Å². The molecule has 0 radical (unpaired) electrons. The van der Waals surface area contributed by atoms with Crippen LogP contribution in [0, 0.1) is 5.82 Å². The number of aromatic nitrogens is 7. The molecule has 0 aliphatic carbocycles. The summed E-state index contributed by atoms with van der Waals surface area (Å²) in [5, 5.41) is 18.2. The summed E-state index contributed by atoms with van der Waals surface area (Å²) in [4.78, 5) is 15.9. The number of halogens is 1. The normalized spacial score (nSPS) is 16.1. The van der Waals surface area contributed by atoms with E-state index in [9.17, 15) is 9.50 Å². The van der Waals surface area contributed by atoms with Gasteiger partial charge in [0.15, 0.2) is 0 Å². The fourth-order valence-corrected chi connectivity index (χ4v) is 4.93.